The topological polar surface area (TPSA) is 55.1 Å². The Hall–Kier alpha value is -0.730. The first-order chi connectivity index (χ1) is 5.61. The summed E-state index contributed by atoms with van der Waals surface area (Å²) in [6, 6.07) is -0.0906. The van der Waals surface area contributed by atoms with Crippen molar-refractivity contribution in [1.29, 1.82) is 0 Å². The second-order valence-electron chi connectivity index (χ2n) is 3.88. The molecule has 3 atom stereocenters. The molecule has 3 heteroatoms. The Bertz CT molecular complexity index is 170. The van der Waals surface area contributed by atoms with E-state index in [0.29, 0.717) is 17.9 Å². The van der Waals surface area contributed by atoms with E-state index in [4.69, 9.17) is 5.73 Å². The first-order valence-electron chi connectivity index (χ1n) is 4.67. The lowest BCUT2D eigenvalue weighted by molar-refractivity contribution is 0.199. The molecule has 3 N–H and O–H groups in total. The van der Waals surface area contributed by atoms with E-state index in [-0.39, 0.29) is 6.03 Å². The third kappa shape index (κ3) is 2.13. The molecule has 12 heavy (non-hydrogen) atoms. The van der Waals surface area contributed by atoms with Crippen LogP contribution in [0, 0.1) is 11.8 Å². The fourth-order valence-corrected chi connectivity index (χ4v) is 1.97. The number of primary amides is 1. The average Bonchev–Trinajstić information content (AvgIpc) is 1.98. The average molecular weight is 170 g/mol. The van der Waals surface area contributed by atoms with Crippen molar-refractivity contribution in [2.45, 2.75) is 39.2 Å². The van der Waals surface area contributed by atoms with Gasteiger partial charge in [-0.2, -0.15) is 0 Å². The number of amides is 2. The molecule has 0 heterocycles. The Balaban J connectivity index is 2.46. The van der Waals surface area contributed by atoms with Gasteiger partial charge in [0.1, 0.15) is 0 Å². The van der Waals surface area contributed by atoms with Crippen LogP contribution in [0.15, 0.2) is 0 Å². The maximum Gasteiger partial charge on any atom is 0.312 e. The van der Waals surface area contributed by atoms with E-state index in [1.807, 2.05) is 0 Å². The van der Waals surface area contributed by atoms with E-state index in [1.54, 1.807) is 0 Å². The van der Waals surface area contributed by atoms with Crippen LogP contribution < -0.4 is 11.1 Å². The molecule has 0 bridgehead atoms. The van der Waals surface area contributed by atoms with Crippen LogP contribution in [-0.2, 0) is 0 Å². The standard InChI is InChI=1S/C9H18N2O/c1-6-4-3-5-8(7(6)2)11-9(10)12/h6-8H,3-5H2,1-2H3,(H3,10,11,12)/t6-,7+,8+/m0/s1. The summed E-state index contributed by atoms with van der Waals surface area (Å²) in [5.41, 5.74) is 5.08. The molecule has 0 saturated heterocycles. The Kier molecular flexibility index (Phi) is 2.95. The fraction of sp³-hybridized carbons (Fsp3) is 0.889. The van der Waals surface area contributed by atoms with E-state index in [0.717, 1.165) is 6.42 Å². The minimum Gasteiger partial charge on any atom is -0.352 e. The quantitative estimate of drug-likeness (QED) is 0.615. The number of carbonyl (C=O) groups is 1. The van der Waals surface area contributed by atoms with E-state index in [1.165, 1.54) is 12.8 Å². The zero-order valence-corrected chi connectivity index (χ0v) is 7.84. The van der Waals surface area contributed by atoms with Crippen LogP contribution in [-0.4, -0.2) is 12.1 Å². The van der Waals surface area contributed by atoms with Gasteiger partial charge in [-0.1, -0.05) is 26.7 Å². The van der Waals surface area contributed by atoms with Crippen molar-refractivity contribution in [3.8, 4) is 0 Å². The Morgan fingerprint density at radius 3 is 2.67 bits per heavy atom. The van der Waals surface area contributed by atoms with Gasteiger partial charge in [-0.05, 0) is 18.3 Å². The molecule has 0 spiro atoms. The number of nitrogens with two attached hydrogens (primary N) is 1. The van der Waals surface area contributed by atoms with Crippen molar-refractivity contribution in [2.75, 3.05) is 0 Å². The highest BCUT2D eigenvalue weighted by molar-refractivity contribution is 5.72. The predicted octanol–water partition coefficient (Wildman–Crippen LogP) is 1.48. The third-order valence-corrected chi connectivity index (χ3v) is 3.03. The van der Waals surface area contributed by atoms with E-state index in [2.05, 4.69) is 19.2 Å². The van der Waals surface area contributed by atoms with Crippen molar-refractivity contribution in [2.24, 2.45) is 17.6 Å². The predicted molar refractivity (Wildman–Crippen MR) is 48.7 cm³/mol. The molecule has 1 rings (SSSR count). The lowest BCUT2D eigenvalue weighted by Gasteiger charge is -2.34. The Morgan fingerprint density at radius 2 is 2.08 bits per heavy atom. The Labute approximate surface area is 73.7 Å². The van der Waals surface area contributed by atoms with Crippen LogP contribution >= 0.6 is 0 Å². The molecule has 0 aliphatic heterocycles. The minimum absolute atomic E-state index is 0.297. The molecule has 1 aliphatic rings. The summed E-state index contributed by atoms with van der Waals surface area (Å²) >= 11 is 0. The maximum absolute atomic E-state index is 10.6. The number of carbonyl (C=O) groups excluding carboxylic acids is 1. The van der Waals surface area contributed by atoms with Gasteiger partial charge >= 0.3 is 6.03 Å². The summed E-state index contributed by atoms with van der Waals surface area (Å²) in [6.07, 6.45) is 3.56. The SMILES string of the molecule is C[C@@H]1[C@@H](C)CCC[C@H]1NC(N)=O. The fourth-order valence-electron chi connectivity index (χ4n) is 1.97. The van der Waals surface area contributed by atoms with Crippen molar-refractivity contribution < 1.29 is 4.79 Å². The molecule has 2 amide bonds. The lowest BCUT2D eigenvalue weighted by Crippen LogP contribution is -2.45. The molecule has 0 aromatic rings. The number of nitrogens with one attached hydrogen (secondary N) is 1. The van der Waals surface area contributed by atoms with Gasteiger partial charge in [0.2, 0.25) is 0 Å². The molecule has 0 aromatic carbocycles. The molecule has 1 fully saturated rings. The van der Waals surface area contributed by atoms with Gasteiger partial charge in [0.25, 0.3) is 0 Å². The zero-order valence-electron chi connectivity index (χ0n) is 7.84. The van der Waals surface area contributed by atoms with Gasteiger partial charge in [-0.25, -0.2) is 4.79 Å². The van der Waals surface area contributed by atoms with Crippen LogP contribution in [0.25, 0.3) is 0 Å². The first-order valence-corrected chi connectivity index (χ1v) is 4.67. The van der Waals surface area contributed by atoms with Crippen LogP contribution in [0.1, 0.15) is 33.1 Å². The van der Waals surface area contributed by atoms with E-state index in [9.17, 15) is 4.79 Å². The largest absolute Gasteiger partial charge is 0.352 e. The summed E-state index contributed by atoms with van der Waals surface area (Å²) in [5.74, 6) is 1.27. The summed E-state index contributed by atoms with van der Waals surface area (Å²) in [6.45, 7) is 4.42. The summed E-state index contributed by atoms with van der Waals surface area (Å²) in [7, 11) is 0. The van der Waals surface area contributed by atoms with Crippen molar-refractivity contribution in [3.05, 3.63) is 0 Å². The summed E-state index contributed by atoms with van der Waals surface area (Å²) in [5, 5.41) is 2.80. The molecule has 0 aromatic heterocycles. The molecule has 1 saturated carbocycles. The molecule has 1 aliphatic carbocycles. The maximum atomic E-state index is 10.6. The van der Waals surface area contributed by atoms with Crippen LogP contribution in [0.3, 0.4) is 0 Å². The van der Waals surface area contributed by atoms with Crippen molar-refractivity contribution in [1.82, 2.24) is 5.32 Å². The molecule has 70 valence electrons. The van der Waals surface area contributed by atoms with Crippen molar-refractivity contribution in [3.63, 3.8) is 0 Å². The molecular weight excluding hydrogens is 152 g/mol. The Morgan fingerprint density at radius 1 is 1.42 bits per heavy atom. The number of hydrogen-bond donors (Lipinski definition) is 2. The number of urea groups is 1. The van der Waals surface area contributed by atoms with Crippen LogP contribution in [0.2, 0.25) is 0 Å². The molecular formula is C9H18N2O. The molecule has 0 radical (unpaired) electrons. The van der Waals surface area contributed by atoms with Gasteiger partial charge in [0.05, 0.1) is 0 Å². The van der Waals surface area contributed by atoms with E-state index < -0.39 is 0 Å². The summed E-state index contributed by atoms with van der Waals surface area (Å²) in [4.78, 5) is 10.6. The molecule has 3 nitrogen and oxygen atoms in total. The second-order valence-corrected chi connectivity index (χ2v) is 3.88. The van der Waals surface area contributed by atoms with Crippen LogP contribution in [0.5, 0.6) is 0 Å². The monoisotopic (exact) mass is 170 g/mol. The third-order valence-electron chi connectivity index (χ3n) is 3.03. The highest BCUT2D eigenvalue weighted by Gasteiger charge is 2.27. The van der Waals surface area contributed by atoms with Crippen molar-refractivity contribution >= 4 is 6.03 Å². The van der Waals surface area contributed by atoms with Gasteiger partial charge in [0, 0.05) is 6.04 Å². The smallest absolute Gasteiger partial charge is 0.312 e. The van der Waals surface area contributed by atoms with Gasteiger partial charge in [0.15, 0.2) is 0 Å². The van der Waals surface area contributed by atoms with Gasteiger partial charge in [-0.3, -0.25) is 0 Å². The van der Waals surface area contributed by atoms with Crippen LogP contribution in [0.4, 0.5) is 4.79 Å². The van der Waals surface area contributed by atoms with E-state index >= 15 is 0 Å². The minimum atomic E-state index is -0.388. The second kappa shape index (κ2) is 3.78. The number of hydrogen-bond acceptors (Lipinski definition) is 1. The lowest BCUT2D eigenvalue weighted by atomic mass is 9.78. The van der Waals surface area contributed by atoms with Gasteiger partial charge in [-0.15, -0.1) is 0 Å². The highest BCUT2D eigenvalue weighted by Crippen LogP contribution is 2.29. The molecule has 0 unspecified atom stereocenters. The normalized spacial score (nSPS) is 36.0. The number of rotatable bonds is 1. The summed E-state index contributed by atoms with van der Waals surface area (Å²) < 4.78 is 0. The zero-order chi connectivity index (χ0) is 9.14. The van der Waals surface area contributed by atoms with Gasteiger partial charge < -0.3 is 11.1 Å². The highest BCUT2D eigenvalue weighted by atomic mass is 16.2. The first kappa shape index (κ1) is 9.36.